The van der Waals surface area contributed by atoms with E-state index >= 15 is 0 Å². The first kappa shape index (κ1) is 18.2. The predicted molar refractivity (Wildman–Crippen MR) is 95.9 cm³/mol. The van der Waals surface area contributed by atoms with Crippen LogP contribution in [-0.4, -0.2) is 41.6 Å². The van der Waals surface area contributed by atoms with E-state index in [9.17, 15) is 19.2 Å². The highest BCUT2D eigenvalue weighted by molar-refractivity contribution is 6.30. The van der Waals surface area contributed by atoms with Crippen LogP contribution in [0.5, 0.6) is 0 Å². The van der Waals surface area contributed by atoms with Crippen LogP contribution >= 0.6 is 11.6 Å². The molecule has 2 aliphatic carbocycles. The van der Waals surface area contributed by atoms with E-state index in [0.29, 0.717) is 22.4 Å². The number of amides is 2. The first-order valence-electron chi connectivity index (χ1n) is 9.25. The van der Waals surface area contributed by atoms with Crippen LogP contribution in [0.3, 0.4) is 0 Å². The number of hydrogen-bond acceptors (Lipinski definition) is 5. The fourth-order valence-corrected chi connectivity index (χ4v) is 4.96. The molecule has 2 bridgehead atoms. The molecule has 1 aromatic carbocycles. The topological polar surface area (TPSA) is 80.8 Å². The second-order valence-electron chi connectivity index (χ2n) is 7.55. The van der Waals surface area contributed by atoms with Crippen molar-refractivity contribution in [1.82, 2.24) is 4.90 Å². The SMILES string of the molecule is O=C(CCN1C(=O)[C@@H]2[C@@H]3CC[C@@H](C3)[C@@H]2C1=O)OCC(=O)c1ccc(Cl)cc1. The Morgan fingerprint density at radius 3 is 2.22 bits per heavy atom. The van der Waals surface area contributed by atoms with Crippen LogP contribution in [-0.2, 0) is 19.1 Å². The van der Waals surface area contributed by atoms with Gasteiger partial charge >= 0.3 is 5.97 Å². The Hall–Kier alpha value is -2.21. The third-order valence-corrected chi connectivity index (χ3v) is 6.34. The average molecular weight is 390 g/mol. The molecule has 7 heteroatoms. The molecule has 4 atom stereocenters. The van der Waals surface area contributed by atoms with Gasteiger partial charge in [0, 0.05) is 17.1 Å². The molecule has 0 radical (unpaired) electrons. The fraction of sp³-hybridized carbons (Fsp3) is 0.500. The van der Waals surface area contributed by atoms with Crippen molar-refractivity contribution in [1.29, 1.82) is 0 Å². The van der Waals surface area contributed by atoms with Crippen molar-refractivity contribution in [3.63, 3.8) is 0 Å². The molecule has 2 amide bonds. The van der Waals surface area contributed by atoms with E-state index in [2.05, 4.69) is 0 Å². The molecule has 0 unspecified atom stereocenters. The molecule has 1 aliphatic heterocycles. The van der Waals surface area contributed by atoms with Gasteiger partial charge in [-0.1, -0.05) is 11.6 Å². The molecule has 27 heavy (non-hydrogen) atoms. The highest BCUT2D eigenvalue weighted by Crippen LogP contribution is 2.56. The van der Waals surface area contributed by atoms with Gasteiger partial charge in [0.25, 0.3) is 0 Å². The highest BCUT2D eigenvalue weighted by Gasteiger charge is 2.60. The number of Topliss-reactive ketones (excluding diaryl/α,β-unsaturated/α-hetero) is 1. The number of ketones is 1. The molecule has 1 saturated heterocycles. The summed E-state index contributed by atoms with van der Waals surface area (Å²) in [6.45, 7) is -0.351. The monoisotopic (exact) mass is 389 g/mol. The number of nitrogens with zero attached hydrogens (tertiary/aromatic N) is 1. The number of likely N-dealkylation sites (tertiary alicyclic amines) is 1. The van der Waals surface area contributed by atoms with Gasteiger partial charge in [0.2, 0.25) is 11.8 Å². The molecule has 1 heterocycles. The quantitative estimate of drug-likeness (QED) is 0.424. The van der Waals surface area contributed by atoms with Crippen molar-refractivity contribution in [2.24, 2.45) is 23.7 Å². The van der Waals surface area contributed by atoms with Crippen LogP contribution in [0, 0.1) is 23.7 Å². The van der Waals surface area contributed by atoms with E-state index in [1.54, 1.807) is 24.3 Å². The van der Waals surface area contributed by atoms with Crippen LogP contribution in [0.15, 0.2) is 24.3 Å². The zero-order valence-electron chi connectivity index (χ0n) is 14.7. The second-order valence-corrected chi connectivity index (χ2v) is 7.99. The van der Waals surface area contributed by atoms with Gasteiger partial charge in [0.1, 0.15) is 0 Å². The van der Waals surface area contributed by atoms with Gasteiger partial charge in [-0.05, 0) is 55.4 Å². The lowest BCUT2D eigenvalue weighted by Crippen LogP contribution is -2.35. The van der Waals surface area contributed by atoms with E-state index in [0.717, 1.165) is 19.3 Å². The van der Waals surface area contributed by atoms with Gasteiger partial charge < -0.3 is 4.74 Å². The summed E-state index contributed by atoms with van der Waals surface area (Å²) in [6.07, 6.45) is 2.93. The maximum atomic E-state index is 12.6. The molecular weight excluding hydrogens is 370 g/mol. The van der Waals surface area contributed by atoms with Crippen LogP contribution in [0.4, 0.5) is 0 Å². The predicted octanol–water partition coefficient (Wildman–Crippen LogP) is 2.49. The smallest absolute Gasteiger partial charge is 0.308 e. The van der Waals surface area contributed by atoms with Crippen molar-refractivity contribution < 1.29 is 23.9 Å². The average Bonchev–Trinajstić information content (AvgIpc) is 3.33. The van der Waals surface area contributed by atoms with Crippen molar-refractivity contribution in [2.45, 2.75) is 25.7 Å². The zero-order valence-corrected chi connectivity index (χ0v) is 15.5. The lowest BCUT2D eigenvalue weighted by Gasteiger charge is -2.19. The molecule has 3 aliphatic rings. The number of carbonyl (C=O) groups is 4. The van der Waals surface area contributed by atoms with E-state index < -0.39 is 5.97 Å². The first-order chi connectivity index (χ1) is 13.0. The summed E-state index contributed by atoms with van der Waals surface area (Å²) in [5.74, 6) is -0.921. The first-order valence-corrected chi connectivity index (χ1v) is 9.63. The molecule has 0 spiro atoms. The normalized spacial score (nSPS) is 28.6. The van der Waals surface area contributed by atoms with Gasteiger partial charge in [-0.25, -0.2) is 0 Å². The molecular formula is C20H20ClNO5. The Morgan fingerprint density at radius 1 is 1.04 bits per heavy atom. The molecule has 1 aromatic rings. The molecule has 6 nitrogen and oxygen atoms in total. The van der Waals surface area contributed by atoms with E-state index in [1.165, 1.54) is 4.90 Å². The summed E-state index contributed by atoms with van der Waals surface area (Å²) < 4.78 is 5.00. The largest absolute Gasteiger partial charge is 0.457 e. The Balaban J connectivity index is 1.27. The van der Waals surface area contributed by atoms with Gasteiger partial charge in [-0.3, -0.25) is 24.1 Å². The number of carbonyl (C=O) groups excluding carboxylic acids is 4. The summed E-state index contributed by atoms with van der Waals surface area (Å²) in [5.41, 5.74) is 0.403. The minimum Gasteiger partial charge on any atom is -0.457 e. The minimum absolute atomic E-state index is 0.0259. The van der Waals surface area contributed by atoms with Crippen molar-refractivity contribution in [2.75, 3.05) is 13.2 Å². The van der Waals surface area contributed by atoms with Gasteiger partial charge in [0.15, 0.2) is 12.4 Å². The molecule has 142 valence electrons. The third kappa shape index (κ3) is 3.27. The number of hydrogen-bond donors (Lipinski definition) is 0. The number of rotatable bonds is 6. The number of benzene rings is 1. The summed E-state index contributed by atoms with van der Waals surface area (Å²) in [5, 5.41) is 0.515. The number of ether oxygens (including phenoxy) is 1. The minimum atomic E-state index is -0.599. The number of halogens is 1. The summed E-state index contributed by atoms with van der Waals surface area (Å²) in [6, 6.07) is 6.30. The lowest BCUT2D eigenvalue weighted by atomic mass is 9.81. The van der Waals surface area contributed by atoms with Crippen LogP contribution in [0.25, 0.3) is 0 Å². The van der Waals surface area contributed by atoms with Crippen LogP contribution in [0.1, 0.15) is 36.0 Å². The van der Waals surface area contributed by atoms with Gasteiger partial charge in [-0.2, -0.15) is 0 Å². The Bertz CT molecular complexity index is 777. The standard InChI is InChI=1S/C20H20ClNO5/c21-14-5-3-11(4-6-14)15(23)10-27-16(24)7-8-22-19(25)17-12-1-2-13(9-12)18(17)20(22)26/h3-6,12-13,17-18H,1-2,7-10H2/t12-,13+,17-,18+. The van der Waals surface area contributed by atoms with E-state index in [-0.39, 0.29) is 49.0 Å². The van der Waals surface area contributed by atoms with E-state index in [1.807, 2.05) is 0 Å². The molecule has 4 rings (SSSR count). The summed E-state index contributed by atoms with van der Waals surface area (Å²) in [7, 11) is 0. The Morgan fingerprint density at radius 2 is 1.63 bits per heavy atom. The third-order valence-electron chi connectivity index (χ3n) is 6.09. The Labute approximate surface area is 161 Å². The van der Waals surface area contributed by atoms with Gasteiger partial charge in [-0.15, -0.1) is 0 Å². The maximum absolute atomic E-state index is 12.6. The molecule has 0 N–H and O–H groups in total. The van der Waals surface area contributed by atoms with Crippen molar-refractivity contribution in [3.05, 3.63) is 34.9 Å². The molecule has 3 fully saturated rings. The number of imide groups is 1. The number of fused-ring (bicyclic) bond motifs is 5. The second kappa shape index (κ2) is 7.08. The van der Waals surface area contributed by atoms with Crippen molar-refractivity contribution >= 4 is 35.2 Å². The van der Waals surface area contributed by atoms with Crippen LogP contribution < -0.4 is 0 Å². The van der Waals surface area contributed by atoms with Crippen molar-refractivity contribution in [3.8, 4) is 0 Å². The van der Waals surface area contributed by atoms with Crippen LogP contribution in [0.2, 0.25) is 5.02 Å². The lowest BCUT2D eigenvalue weighted by molar-refractivity contribution is -0.145. The zero-order chi connectivity index (χ0) is 19.1. The highest BCUT2D eigenvalue weighted by atomic mass is 35.5. The van der Waals surface area contributed by atoms with Gasteiger partial charge in [0.05, 0.1) is 18.3 Å². The molecule has 0 aromatic heterocycles. The maximum Gasteiger partial charge on any atom is 0.308 e. The molecule has 2 saturated carbocycles. The van der Waals surface area contributed by atoms with E-state index in [4.69, 9.17) is 16.3 Å². The summed E-state index contributed by atoms with van der Waals surface area (Å²) in [4.78, 5) is 50.3. The number of esters is 1. The Kier molecular flexibility index (Phi) is 4.76. The summed E-state index contributed by atoms with van der Waals surface area (Å²) >= 11 is 5.77. The fourth-order valence-electron chi connectivity index (χ4n) is 4.83.